The van der Waals surface area contributed by atoms with Crippen molar-refractivity contribution in [2.24, 2.45) is 11.8 Å². The Morgan fingerprint density at radius 2 is 1.53 bits per heavy atom. The highest BCUT2D eigenvalue weighted by molar-refractivity contribution is 6.66. The summed E-state index contributed by atoms with van der Waals surface area (Å²) in [5.74, 6) is 0.786. The summed E-state index contributed by atoms with van der Waals surface area (Å²) in [6.45, 7) is 14.7. The van der Waals surface area contributed by atoms with Crippen LogP contribution < -0.4 is 0 Å². The molecule has 0 aromatic carbocycles. The van der Waals surface area contributed by atoms with Gasteiger partial charge < -0.3 is 13.3 Å². The van der Waals surface area contributed by atoms with Crippen molar-refractivity contribution in [2.45, 2.75) is 46.6 Å². The minimum absolute atomic E-state index is 0.230. The van der Waals surface area contributed by atoms with Crippen LogP contribution in [0.1, 0.15) is 41.0 Å². The molecule has 4 heteroatoms. The van der Waals surface area contributed by atoms with Crippen LogP contribution in [-0.4, -0.2) is 28.6 Å². The van der Waals surface area contributed by atoms with Gasteiger partial charge in [0.15, 0.2) is 0 Å². The van der Waals surface area contributed by atoms with Gasteiger partial charge in [-0.1, -0.05) is 41.2 Å². The van der Waals surface area contributed by atoms with Crippen molar-refractivity contribution in [1.82, 2.24) is 0 Å². The number of hydrogen-bond acceptors (Lipinski definition) is 3. The molecule has 0 unspecified atom stereocenters. The SMILES string of the molecule is C=C[Si](OC)(OC)OC(CC)(C(C)C)C(C)C. The zero-order valence-electron chi connectivity index (χ0n) is 12.4. The van der Waals surface area contributed by atoms with Crippen molar-refractivity contribution < 1.29 is 13.3 Å². The summed E-state index contributed by atoms with van der Waals surface area (Å²) in [4.78, 5) is 0. The molecular weight excluding hydrogens is 232 g/mol. The lowest BCUT2D eigenvalue weighted by molar-refractivity contribution is -0.0749. The summed E-state index contributed by atoms with van der Waals surface area (Å²) in [7, 11) is 0.512. The van der Waals surface area contributed by atoms with E-state index in [2.05, 4.69) is 41.2 Å². The highest BCUT2D eigenvalue weighted by atomic mass is 28.4. The average Bonchev–Trinajstić information content (AvgIpc) is 2.31. The Kier molecular flexibility index (Phi) is 6.62. The molecule has 0 aromatic heterocycles. The van der Waals surface area contributed by atoms with Gasteiger partial charge in [0, 0.05) is 14.2 Å². The zero-order chi connectivity index (χ0) is 13.7. The maximum atomic E-state index is 6.32. The maximum Gasteiger partial charge on any atom is 0.528 e. The quantitative estimate of drug-likeness (QED) is 0.626. The summed E-state index contributed by atoms with van der Waals surface area (Å²) in [6.07, 6.45) is 0.928. The highest BCUT2D eigenvalue weighted by Gasteiger charge is 2.47. The second kappa shape index (κ2) is 6.68. The van der Waals surface area contributed by atoms with Crippen LogP contribution >= 0.6 is 0 Å². The zero-order valence-corrected chi connectivity index (χ0v) is 13.4. The number of rotatable bonds is 8. The third-order valence-electron chi connectivity index (χ3n) is 3.66. The Morgan fingerprint density at radius 1 is 1.12 bits per heavy atom. The van der Waals surface area contributed by atoms with Gasteiger partial charge in [-0.3, -0.25) is 0 Å². The van der Waals surface area contributed by atoms with Gasteiger partial charge >= 0.3 is 8.80 Å². The van der Waals surface area contributed by atoms with Gasteiger partial charge in [-0.15, -0.1) is 0 Å². The van der Waals surface area contributed by atoms with E-state index in [0.717, 1.165) is 6.42 Å². The first-order chi connectivity index (χ1) is 7.84. The van der Waals surface area contributed by atoms with Gasteiger partial charge in [0.25, 0.3) is 0 Å². The van der Waals surface area contributed by atoms with E-state index < -0.39 is 8.80 Å². The first-order valence-electron chi connectivity index (χ1n) is 6.28. The molecule has 0 aliphatic heterocycles. The molecule has 0 rings (SSSR count). The standard InChI is InChI=1S/C13H28O3Si/c1-9-13(11(3)4,12(5)6)16-17(10-2,14-7)15-8/h10-12H,2,9H2,1,3-8H3. The highest BCUT2D eigenvalue weighted by Crippen LogP contribution is 2.37. The van der Waals surface area contributed by atoms with E-state index in [0.29, 0.717) is 11.8 Å². The van der Waals surface area contributed by atoms with Gasteiger partial charge in [0.1, 0.15) is 0 Å². The molecule has 0 bridgehead atoms. The van der Waals surface area contributed by atoms with Crippen LogP contribution in [0.2, 0.25) is 0 Å². The Morgan fingerprint density at radius 3 is 1.71 bits per heavy atom. The van der Waals surface area contributed by atoms with Gasteiger partial charge in [-0.25, -0.2) is 0 Å². The predicted octanol–water partition coefficient (Wildman–Crippen LogP) is 3.42. The molecule has 0 saturated heterocycles. The molecule has 0 N–H and O–H groups in total. The smallest absolute Gasteiger partial charge is 0.374 e. The fourth-order valence-corrected chi connectivity index (χ4v) is 4.33. The van der Waals surface area contributed by atoms with Gasteiger partial charge in [-0.05, 0) is 24.0 Å². The molecule has 17 heavy (non-hydrogen) atoms. The average molecular weight is 260 g/mol. The van der Waals surface area contributed by atoms with Crippen molar-refractivity contribution in [3.63, 3.8) is 0 Å². The molecule has 0 aromatic rings. The molecule has 102 valence electrons. The molecule has 0 radical (unpaired) electrons. The minimum atomic E-state index is -2.74. The molecule has 0 heterocycles. The molecule has 0 amide bonds. The molecular formula is C13H28O3Si. The van der Waals surface area contributed by atoms with Crippen LogP contribution in [0, 0.1) is 11.8 Å². The Balaban J connectivity index is 5.29. The summed E-state index contributed by atoms with van der Waals surface area (Å²) in [5.41, 5.74) is 1.47. The monoisotopic (exact) mass is 260 g/mol. The van der Waals surface area contributed by atoms with Crippen LogP contribution in [-0.2, 0) is 13.3 Å². The van der Waals surface area contributed by atoms with E-state index in [1.807, 2.05) is 0 Å². The van der Waals surface area contributed by atoms with E-state index in [1.165, 1.54) is 0 Å². The van der Waals surface area contributed by atoms with Gasteiger partial charge in [0.05, 0.1) is 5.60 Å². The third kappa shape index (κ3) is 3.41. The normalized spacial score (nSPS) is 13.5. The number of hydrogen-bond donors (Lipinski definition) is 0. The molecule has 0 atom stereocenters. The molecule has 3 nitrogen and oxygen atoms in total. The second-order valence-electron chi connectivity index (χ2n) is 4.94. The molecule has 0 aliphatic rings. The predicted molar refractivity (Wildman–Crippen MR) is 73.8 cm³/mol. The van der Waals surface area contributed by atoms with Crippen molar-refractivity contribution in [1.29, 1.82) is 0 Å². The van der Waals surface area contributed by atoms with Crippen LogP contribution in [0.15, 0.2) is 12.3 Å². The van der Waals surface area contributed by atoms with Crippen LogP contribution in [0.4, 0.5) is 0 Å². The topological polar surface area (TPSA) is 27.7 Å². The van der Waals surface area contributed by atoms with E-state index in [9.17, 15) is 0 Å². The van der Waals surface area contributed by atoms with Crippen LogP contribution in [0.3, 0.4) is 0 Å². The van der Waals surface area contributed by atoms with Gasteiger partial charge in [-0.2, -0.15) is 0 Å². The summed E-state index contributed by atoms with van der Waals surface area (Å²) in [5, 5.41) is 0. The van der Waals surface area contributed by atoms with Gasteiger partial charge in [0.2, 0.25) is 0 Å². The van der Waals surface area contributed by atoms with Crippen LogP contribution in [0.25, 0.3) is 0 Å². The fourth-order valence-electron chi connectivity index (χ4n) is 2.43. The van der Waals surface area contributed by atoms with E-state index in [-0.39, 0.29) is 5.60 Å². The first-order valence-corrected chi connectivity index (χ1v) is 8.08. The lowest BCUT2D eigenvalue weighted by Crippen LogP contribution is -2.55. The van der Waals surface area contributed by atoms with Crippen LogP contribution in [0.5, 0.6) is 0 Å². The summed E-state index contributed by atoms with van der Waals surface area (Å²) < 4.78 is 17.3. The van der Waals surface area contributed by atoms with E-state index in [4.69, 9.17) is 13.3 Å². The Bertz CT molecular complexity index is 227. The summed E-state index contributed by atoms with van der Waals surface area (Å²) in [6, 6.07) is 0. The first kappa shape index (κ1) is 16.8. The lowest BCUT2D eigenvalue weighted by atomic mass is 9.78. The lowest BCUT2D eigenvalue weighted by Gasteiger charge is -2.44. The Hall–Kier alpha value is -0.163. The largest absolute Gasteiger partial charge is 0.528 e. The van der Waals surface area contributed by atoms with E-state index >= 15 is 0 Å². The van der Waals surface area contributed by atoms with Crippen molar-refractivity contribution in [2.75, 3.05) is 14.2 Å². The molecule has 0 spiro atoms. The van der Waals surface area contributed by atoms with E-state index in [1.54, 1.807) is 19.9 Å². The molecule has 0 fully saturated rings. The van der Waals surface area contributed by atoms with Crippen molar-refractivity contribution in [3.05, 3.63) is 12.3 Å². The third-order valence-corrected chi connectivity index (χ3v) is 5.96. The molecule has 0 saturated carbocycles. The fraction of sp³-hybridized carbons (Fsp3) is 0.846. The Labute approximate surface area is 108 Å². The second-order valence-corrected chi connectivity index (χ2v) is 7.57. The van der Waals surface area contributed by atoms with Crippen molar-refractivity contribution >= 4 is 8.80 Å². The molecule has 0 aliphatic carbocycles. The summed E-state index contributed by atoms with van der Waals surface area (Å²) >= 11 is 0. The minimum Gasteiger partial charge on any atom is -0.374 e. The van der Waals surface area contributed by atoms with Crippen molar-refractivity contribution in [3.8, 4) is 0 Å². The maximum absolute atomic E-state index is 6.32.